The number of fused-ring (bicyclic) bond motifs is 1. The van der Waals surface area contributed by atoms with E-state index < -0.39 is 11.9 Å². The first-order chi connectivity index (χ1) is 12.7. The van der Waals surface area contributed by atoms with Crippen molar-refractivity contribution in [3.63, 3.8) is 0 Å². The Morgan fingerprint density at radius 3 is 2.11 bits per heavy atom. The van der Waals surface area contributed by atoms with Crippen molar-refractivity contribution in [1.29, 1.82) is 0 Å². The topological polar surface area (TPSA) is 77.8 Å². The number of aliphatic carboxylic acids is 2. The van der Waals surface area contributed by atoms with E-state index in [0.717, 1.165) is 17.8 Å². The van der Waals surface area contributed by atoms with Gasteiger partial charge in [-0.2, -0.15) is 0 Å². The average Bonchev–Trinajstić information content (AvgIpc) is 3.06. The van der Waals surface area contributed by atoms with Gasteiger partial charge >= 0.3 is 11.9 Å². The van der Waals surface area contributed by atoms with Crippen LogP contribution in [0.25, 0.3) is 0 Å². The van der Waals surface area contributed by atoms with E-state index in [2.05, 4.69) is 56.0 Å². The summed E-state index contributed by atoms with van der Waals surface area (Å²) in [6.07, 6.45) is 5.37. The molecular weight excluding hydrogens is 342 g/mol. The van der Waals surface area contributed by atoms with E-state index in [1.165, 1.54) is 32.4 Å². The number of nitrogens with zero attached hydrogens (tertiary/aromatic N) is 1. The molecule has 1 saturated heterocycles. The molecule has 1 heterocycles. The molecule has 1 aliphatic carbocycles. The largest absolute Gasteiger partial charge is 0.478 e. The summed E-state index contributed by atoms with van der Waals surface area (Å²) >= 11 is 0. The molecule has 0 amide bonds. The van der Waals surface area contributed by atoms with Crippen LogP contribution in [0.15, 0.2) is 42.5 Å². The van der Waals surface area contributed by atoms with Crippen molar-refractivity contribution in [1.82, 2.24) is 4.90 Å². The highest BCUT2D eigenvalue weighted by Crippen LogP contribution is 2.46. The van der Waals surface area contributed by atoms with Gasteiger partial charge in [0.25, 0.3) is 0 Å². The Morgan fingerprint density at radius 2 is 1.59 bits per heavy atom. The van der Waals surface area contributed by atoms with Crippen molar-refractivity contribution in [3.8, 4) is 0 Å². The molecule has 1 saturated carbocycles. The minimum absolute atomic E-state index is 0.332. The van der Waals surface area contributed by atoms with Crippen molar-refractivity contribution in [3.05, 3.63) is 48.0 Å². The molecule has 0 spiro atoms. The zero-order valence-corrected chi connectivity index (χ0v) is 16.5. The Kier molecular flexibility index (Phi) is 7.19. The van der Waals surface area contributed by atoms with Gasteiger partial charge in [-0.25, -0.2) is 9.59 Å². The molecular formula is C22H31NO4. The van der Waals surface area contributed by atoms with Crippen LogP contribution in [-0.2, 0) is 9.59 Å². The second-order valence-electron chi connectivity index (χ2n) is 8.46. The summed E-state index contributed by atoms with van der Waals surface area (Å²) in [7, 11) is 0. The third-order valence-corrected chi connectivity index (χ3v) is 5.64. The fourth-order valence-corrected chi connectivity index (χ4v) is 4.28. The van der Waals surface area contributed by atoms with Crippen molar-refractivity contribution < 1.29 is 19.8 Å². The molecule has 2 fully saturated rings. The van der Waals surface area contributed by atoms with E-state index in [9.17, 15) is 9.59 Å². The SMILES string of the molecule is CC(C)(C)N1C[C@H]2CCC[C@H](c3ccccc3)[C@@H]2C1.O=C(O)/C=C/C(=O)O. The highest BCUT2D eigenvalue weighted by molar-refractivity contribution is 5.89. The summed E-state index contributed by atoms with van der Waals surface area (Å²) in [5.74, 6) is 0.0978. The first-order valence-corrected chi connectivity index (χ1v) is 9.62. The van der Waals surface area contributed by atoms with Gasteiger partial charge in [-0.05, 0) is 56.9 Å². The summed E-state index contributed by atoms with van der Waals surface area (Å²) in [6, 6.07) is 11.2. The summed E-state index contributed by atoms with van der Waals surface area (Å²) in [5, 5.41) is 15.6. The van der Waals surface area contributed by atoms with Gasteiger partial charge in [-0.1, -0.05) is 36.8 Å². The van der Waals surface area contributed by atoms with Crippen LogP contribution in [0.1, 0.15) is 51.5 Å². The van der Waals surface area contributed by atoms with E-state index >= 15 is 0 Å². The molecule has 1 aromatic carbocycles. The monoisotopic (exact) mass is 373 g/mol. The fourth-order valence-electron chi connectivity index (χ4n) is 4.28. The van der Waals surface area contributed by atoms with E-state index in [4.69, 9.17) is 10.2 Å². The second-order valence-corrected chi connectivity index (χ2v) is 8.46. The van der Waals surface area contributed by atoms with E-state index in [0.29, 0.717) is 17.7 Å². The predicted molar refractivity (Wildman–Crippen MR) is 106 cm³/mol. The minimum Gasteiger partial charge on any atom is -0.478 e. The number of benzene rings is 1. The van der Waals surface area contributed by atoms with E-state index in [-0.39, 0.29) is 0 Å². The summed E-state index contributed by atoms with van der Waals surface area (Å²) < 4.78 is 0. The Morgan fingerprint density at radius 1 is 1.00 bits per heavy atom. The van der Waals surface area contributed by atoms with Gasteiger partial charge in [-0.15, -0.1) is 0 Å². The molecule has 5 heteroatoms. The molecule has 2 aliphatic rings. The van der Waals surface area contributed by atoms with Gasteiger partial charge in [0.05, 0.1) is 0 Å². The Bertz CT molecular complexity index is 647. The molecule has 148 valence electrons. The maximum atomic E-state index is 9.55. The van der Waals surface area contributed by atoms with Crippen molar-refractivity contribution >= 4 is 11.9 Å². The molecule has 2 N–H and O–H groups in total. The number of hydrogen-bond donors (Lipinski definition) is 2. The zero-order valence-electron chi connectivity index (χ0n) is 16.5. The minimum atomic E-state index is -1.26. The van der Waals surface area contributed by atoms with Crippen LogP contribution in [0, 0.1) is 11.8 Å². The number of carbonyl (C=O) groups is 2. The van der Waals surface area contributed by atoms with E-state index in [1.807, 2.05) is 0 Å². The number of hydrogen-bond acceptors (Lipinski definition) is 3. The van der Waals surface area contributed by atoms with Gasteiger partial charge in [0.15, 0.2) is 0 Å². The van der Waals surface area contributed by atoms with Crippen molar-refractivity contribution in [2.24, 2.45) is 11.8 Å². The first kappa shape index (κ1) is 21.2. The molecule has 0 bridgehead atoms. The van der Waals surface area contributed by atoms with Gasteiger partial charge in [0, 0.05) is 30.8 Å². The van der Waals surface area contributed by atoms with Crippen LogP contribution in [0.5, 0.6) is 0 Å². The fraction of sp³-hybridized carbons (Fsp3) is 0.545. The molecule has 0 radical (unpaired) electrons. The highest BCUT2D eigenvalue weighted by atomic mass is 16.4. The standard InChI is InChI=1S/C18H27N.C4H4O4/c1-18(2,3)19-12-15-10-7-11-16(17(15)13-19)14-8-5-4-6-9-14;5-3(6)1-2-4(7)8/h4-6,8-9,15-17H,7,10-13H2,1-3H3;1-2H,(H,5,6)(H,7,8)/b;2-1+/t15-,16-,17-;/m1./s1. The Hall–Kier alpha value is -2.14. The molecule has 0 aromatic heterocycles. The number of carboxylic acid groups (broad SMARTS) is 2. The highest BCUT2D eigenvalue weighted by Gasteiger charge is 2.43. The molecule has 1 aromatic rings. The van der Waals surface area contributed by atoms with Gasteiger partial charge in [0.1, 0.15) is 0 Å². The first-order valence-electron chi connectivity index (χ1n) is 9.62. The molecule has 5 nitrogen and oxygen atoms in total. The van der Waals surface area contributed by atoms with Crippen LogP contribution in [0.2, 0.25) is 0 Å². The summed E-state index contributed by atoms with van der Waals surface area (Å²) in [5.41, 5.74) is 1.91. The number of likely N-dealkylation sites (tertiary alicyclic amines) is 1. The van der Waals surface area contributed by atoms with Crippen molar-refractivity contribution in [2.75, 3.05) is 13.1 Å². The lowest BCUT2D eigenvalue weighted by Crippen LogP contribution is -2.39. The maximum absolute atomic E-state index is 9.55. The lowest BCUT2D eigenvalue weighted by atomic mass is 9.71. The predicted octanol–water partition coefficient (Wildman–Crippen LogP) is 4.01. The van der Waals surface area contributed by atoms with Crippen LogP contribution in [0.3, 0.4) is 0 Å². The Labute approximate surface area is 161 Å². The Balaban J connectivity index is 0.000000279. The second kappa shape index (κ2) is 9.18. The number of rotatable bonds is 3. The summed E-state index contributed by atoms with van der Waals surface area (Å²) in [4.78, 5) is 21.8. The normalized spacial score (nSPS) is 25.5. The molecule has 3 rings (SSSR count). The van der Waals surface area contributed by atoms with Crippen LogP contribution >= 0.6 is 0 Å². The van der Waals surface area contributed by atoms with Crippen LogP contribution < -0.4 is 0 Å². The quantitative estimate of drug-likeness (QED) is 0.783. The lowest BCUT2D eigenvalue weighted by Gasteiger charge is -2.34. The maximum Gasteiger partial charge on any atom is 0.328 e. The summed E-state index contributed by atoms with van der Waals surface area (Å²) in [6.45, 7) is 9.71. The van der Waals surface area contributed by atoms with Gasteiger partial charge in [-0.3, -0.25) is 4.90 Å². The van der Waals surface area contributed by atoms with Crippen molar-refractivity contribution in [2.45, 2.75) is 51.5 Å². The van der Waals surface area contributed by atoms with Gasteiger partial charge in [0.2, 0.25) is 0 Å². The zero-order chi connectivity index (χ0) is 20.0. The molecule has 1 aliphatic heterocycles. The molecule has 27 heavy (non-hydrogen) atoms. The molecule has 3 atom stereocenters. The smallest absolute Gasteiger partial charge is 0.328 e. The van der Waals surface area contributed by atoms with Crippen LogP contribution in [0.4, 0.5) is 0 Å². The number of carboxylic acids is 2. The van der Waals surface area contributed by atoms with Crippen LogP contribution in [-0.4, -0.2) is 45.7 Å². The molecule has 0 unspecified atom stereocenters. The lowest BCUT2D eigenvalue weighted by molar-refractivity contribution is -0.134. The van der Waals surface area contributed by atoms with E-state index in [1.54, 1.807) is 5.56 Å². The third kappa shape index (κ3) is 6.21. The average molecular weight is 373 g/mol. The van der Waals surface area contributed by atoms with Gasteiger partial charge < -0.3 is 10.2 Å². The third-order valence-electron chi connectivity index (χ3n) is 5.64.